The van der Waals surface area contributed by atoms with E-state index in [4.69, 9.17) is 10.8 Å². The van der Waals surface area contributed by atoms with E-state index in [0.29, 0.717) is 12.5 Å². The summed E-state index contributed by atoms with van der Waals surface area (Å²) < 4.78 is 1.54. The Bertz CT molecular complexity index is 588. The number of benzene rings is 1. The number of hydrogen-bond donors (Lipinski definition) is 2. The van der Waals surface area contributed by atoms with Crippen LogP contribution in [0.15, 0.2) is 35.6 Å². The van der Waals surface area contributed by atoms with Gasteiger partial charge in [-0.2, -0.15) is 5.10 Å². The molecule has 0 saturated heterocycles. The van der Waals surface area contributed by atoms with Gasteiger partial charge in [-0.3, -0.25) is 0 Å². The number of nitrogen functional groups attached to an aromatic ring is 1. The van der Waals surface area contributed by atoms with Crippen molar-refractivity contribution in [3.63, 3.8) is 0 Å². The van der Waals surface area contributed by atoms with Gasteiger partial charge in [0.25, 0.3) is 0 Å². The Kier molecular flexibility index (Phi) is 4.37. The summed E-state index contributed by atoms with van der Waals surface area (Å²) in [6, 6.07) is 7.90. The third-order valence-corrected chi connectivity index (χ3v) is 2.94. The van der Waals surface area contributed by atoms with Gasteiger partial charge in [0.05, 0.1) is 24.7 Å². The number of aliphatic hydroxyl groups is 1. The largest absolute Gasteiger partial charge is 0.395 e. The van der Waals surface area contributed by atoms with Crippen molar-refractivity contribution < 1.29 is 5.11 Å². The number of likely N-dealkylation sites (N-methyl/N-ethyl adjacent to an activating group) is 1. The summed E-state index contributed by atoms with van der Waals surface area (Å²) in [6.07, 6.45) is 3.50. The number of nitrogens with two attached hydrogens (primary N) is 1. The zero-order valence-electron chi connectivity index (χ0n) is 11.7. The number of anilines is 2. The predicted molar refractivity (Wildman–Crippen MR) is 81.2 cm³/mol. The standard InChI is InChI=1S/C14H19N5O/c1-11-10-19(14(15)17-11)16-9-12-3-5-13(6-4-12)18(2)7-8-20/h3-6,9-10,20H,7-8H2,1-2H3,(H2,15,17). The molecule has 1 aromatic heterocycles. The van der Waals surface area contributed by atoms with Gasteiger partial charge in [0.2, 0.25) is 5.95 Å². The zero-order chi connectivity index (χ0) is 14.5. The molecule has 0 atom stereocenters. The van der Waals surface area contributed by atoms with E-state index in [2.05, 4.69) is 10.1 Å². The molecule has 20 heavy (non-hydrogen) atoms. The second-order valence-electron chi connectivity index (χ2n) is 4.57. The van der Waals surface area contributed by atoms with Gasteiger partial charge in [-0.15, -0.1) is 0 Å². The number of rotatable bonds is 5. The number of imidazole rings is 1. The summed E-state index contributed by atoms with van der Waals surface area (Å²) in [5.41, 5.74) is 8.56. The Morgan fingerprint density at radius 2 is 2.10 bits per heavy atom. The Balaban J connectivity index is 2.09. The van der Waals surface area contributed by atoms with Gasteiger partial charge in [-0.05, 0) is 24.6 Å². The first kappa shape index (κ1) is 14.1. The fourth-order valence-electron chi connectivity index (χ4n) is 1.82. The number of nitrogens with zero attached hydrogens (tertiary/aromatic N) is 4. The minimum atomic E-state index is 0.138. The van der Waals surface area contributed by atoms with Gasteiger partial charge >= 0.3 is 0 Å². The number of aryl methyl sites for hydroxylation is 1. The van der Waals surface area contributed by atoms with E-state index in [1.165, 1.54) is 0 Å². The average molecular weight is 273 g/mol. The first-order chi connectivity index (χ1) is 9.60. The lowest BCUT2D eigenvalue weighted by atomic mass is 10.2. The van der Waals surface area contributed by atoms with Crippen LogP contribution < -0.4 is 10.6 Å². The van der Waals surface area contributed by atoms with E-state index in [1.54, 1.807) is 17.1 Å². The van der Waals surface area contributed by atoms with Crippen molar-refractivity contribution in [1.82, 2.24) is 9.66 Å². The van der Waals surface area contributed by atoms with Crippen molar-refractivity contribution in [3.8, 4) is 0 Å². The predicted octanol–water partition coefficient (Wildman–Crippen LogP) is 1.08. The smallest absolute Gasteiger partial charge is 0.221 e. The SMILES string of the molecule is Cc1cn(N=Cc2ccc(N(C)CCO)cc2)c(N)n1. The van der Waals surface area contributed by atoms with E-state index in [0.717, 1.165) is 16.9 Å². The minimum Gasteiger partial charge on any atom is -0.395 e. The maximum absolute atomic E-state index is 8.91. The molecule has 0 fully saturated rings. The molecule has 0 bridgehead atoms. The molecular weight excluding hydrogens is 254 g/mol. The molecule has 2 aromatic rings. The third-order valence-electron chi connectivity index (χ3n) is 2.94. The molecule has 0 aliphatic carbocycles. The maximum Gasteiger partial charge on any atom is 0.221 e. The molecule has 0 radical (unpaired) electrons. The Hall–Kier alpha value is -2.34. The molecule has 1 aromatic carbocycles. The zero-order valence-corrected chi connectivity index (χ0v) is 11.7. The van der Waals surface area contributed by atoms with Crippen molar-refractivity contribution in [2.75, 3.05) is 30.8 Å². The van der Waals surface area contributed by atoms with E-state index in [9.17, 15) is 0 Å². The van der Waals surface area contributed by atoms with Crippen LogP contribution in [0.3, 0.4) is 0 Å². The van der Waals surface area contributed by atoms with Crippen LogP contribution in [0.25, 0.3) is 0 Å². The summed E-state index contributed by atoms with van der Waals surface area (Å²) in [7, 11) is 1.94. The summed E-state index contributed by atoms with van der Waals surface area (Å²) in [4.78, 5) is 6.06. The molecule has 106 valence electrons. The summed E-state index contributed by atoms with van der Waals surface area (Å²) in [6.45, 7) is 2.62. The molecule has 2 rings (SSSR count). The lowest BCUT2D eigenvalue weighted by Gasteiger charge is -2.17. The Labute approximate surface area is 118 Å². The fourth-order valence-corrected chi connectivity index (χ4v) is 1.82. The lowest BCUT2D eigenvalue weighted by molar-refractivity contribution is 0.304. The van der Waals surface area contributed by atoms with E-state index < -0.39 is 0 Å². The molecule has 0 aliphatic rings. The van der Waals surface area contributed by atoms with E-state index in [-0.39, 0.29) is 6.61 Å². The van der Waals surface area contributed by atoms with Crippen molar-refractivity contribution in [2.45, 2.75) is 6.92 Å². The quantitative estimate of drug-likeness (QED) is 0.799. The second kappa shape index (κ2) is 6.21. The van der Waals surface area contributed by atoms with Crippen LogP contribution in [-0.2, 0) is 0 Å². The van der Waals surface area contributed by atoms with Crippen molar-refractivity contribution in [1.29, 1.82) is 0 Å². The molecule has 0 saturated carbocycles. The fraction of sp³-hybridized carbons (Fsp3) is 0.286. The second-order valence-corrected chi connectivity index (χ2v) is 4.57. The lowest BCUT2D eigenvalue weighted by Crippen LogP contribution is -2.20. The molecule has 0 unspecified atom stereocenters. The highest BCUT2D eigenvalue weighted by molar-refractivity contribution is 5.80. The number of aliphatic hydroxyl groups excluding tert-OH is 1. The molecule has 0 amide bonds. The van der Waals surface area contributed by atoms with Crippen LogP contribution in [0.2, 0.25) is 0 Å². The van der Waals surface area contributed by atoms with E-state index in [1.807, 2.05) is 43.1 Å². The third kappa shape index (κ3) is 3.36. The molecule has 6 nitrogen and oxygen atoms in total. The van der Waals surface area contributed by atoms with Crippen LogP contribution in [0, 0.1) is 6.92 Å². The van der Waals surface area contributed by atoms with Gasteiger partial charge in [-0.25, -0.2) is 9.66 Å². The van der Waals surface area contributed by atoms with Gasteiger partial charge in [0, 0.05) is 19.3 Å². The molecule has 0 spiro atoms. The first-order valence-corrected chi connectivity index (χ1v) is 6.38. The highest BCUT2D eigenvalue weighted by Crippen LogP contribution is 2.12. The minimum absolute atomic E-state index is 0.138. The van der Waals surface area contributed by atoms with Gasteiger partial charge in [-0.1, -0.05) is 12.1 Å². The number of hydrogen-bond acceptors (Lipinski definition) is 5. The topological polar surface area (TPSA) is 79.7 Å². The molecule has 3 N–H and O–H groups in total. The van der Waals surface area contributed by atoms with Crippen LogP contribution in [0.1, 0.15) is 11.3 Å². The summed E-state index contributed by atoms with van der Waals surface area (Å²) in [5, 5.41) is 13.2. The monoisotopic (exact) mass is 273 g/mol. The number of aromatic nitrogens is 2. The summed E-state index contributed by atoms with van der Waals surface area (Å²) in [5.74, 6) is 0.373. The van der Waals surface area contributed by atoms with Crippen LogP contribution in [0.4, 0.5) is 11.6 Å². The average Bonchev–Trinajstić information content (AvgIpc) is 2.75. The Morgan fingerprint density at radius 1 is 1.40 bits per heavy atom. The van der Waals surface area contributed by atoms with Gasteiger partial charge in [0.15, 0.2) is 0 Å². The van der Waals surface area contributed by atoms with E-state index >= 15 is 0 Å². The van der Waals surface area contributed by atoms with Crippen molar-refractivity contribution >= 4 is 17.9 Å². The summed E-state index contributed by atoms with van der Waals surface area (Å²) >= 11 is 0. The first-order valence-electron chi connectivity index (χ1n) is 6.38. The van der Waals surface area contributed by atoms with Crippen molar-refractivity contribution in [3.05, 3.63) is 41.7 Å². The Morgan fingerprint density at radius 3 is 2.65 bits per heavy atom. The molecular formula is C14H19N5O. The highest BCUT2D eigenvalue weighted by atomic mass is 16.3. The molecule has 1 heterocycles. The van der Waals surface area contributed by atoms with Crippen LogP contribution >= 0.6 is 0 Å². The maximum atomic E-state index is 8.91. The van der Waals surface area contributed by atoms with Gasteiger partial charge in [0.1, 0.15) is 0 Å². The van der Waals surface area contributed by atoms with Crippen molar-refractivity contribution in [2.24, 2.45) is 5.10 Å². The normalized spacial score (nSPS) is 11.2. The highest BCUT2D eigenvalue weighted by Gasteiger charge is 2.00. The molecule has 6 heteroatoms. The van der Waals surface area contributed by atoms with Crippen LogP contribution in [-0.4, -0.2) is 41.2 Å². The van der Waals surface area contributed by atoms with Gasteiger partial charge < -0.3 is 15.7 Å². The van der Waals surface area contributed by atoms with Crippen LogP contribution in [0.5, 0.6) is 0 Å². The molecule has 0 aliphatic heterocycles.